The van der Waals surface area contributed by atoms with Gasteiger partial charge in [-0.05, 0) is 65.5 Å². The summed E-state index contributed by atoms with van der Waals surface area (Å²) in [6.45, 7) is 2.10. The maximum Gasteiger partial charge on any atom is 0.259 e. The van der Waals surface area contributed by atoms with E-state index in [4.69, 9.17) is 4.74 Å². The van der Waals surface area contributed by atoms with Crippen LogP contribution in [0, 0.1) is 0 Å². The van der Waals surface area contributed by atoms with Crippen molar-refractivity contribution in [3.05, 3.63) is 58.1 Å². The number of ether oxygens (including phenoxy) is 1. The number of aryl methyl sites for hydroxylation is 1. The van der Waals surface area contributed by atoms with Crippen LogP contribution in [0.5, 0.6) is 5.75 Å². The van der Waals surface area contributed by atoms with Crippen molar-refractivity contribution in [1.82, 2.24) is 0 Å². The molecule has 4 heteroatoms. The standard InChI is InChI=1S/C18H18BrNO2/c1-12-7-8-13-5-3-4-6-17(13)20(12)18(21)15-11-14(22-2)9-10-16(15)19/h3-6,9-12H,7-8H2,1-2H3. The quantitative estimate of drug-likeness (QED) is 0.793. The van der Waals surface area contributed by atoms with Crippen LogP contribution in [0.15, 0.2) is 46.9 Å². The molecule has 1 heterocycles. The van der Waals surface area contributed by atoms with Crippen molar-refractivity contribution in [2.45, 2.75) is 25.8 Å². The molecule has 0 aliphatic carbocycles. The molecule has 3 rings (SSSR count). The van der Waals surface area contributed by atoms with Crippen molar-refractivity contribution in [2.75, 3.05) is 12.0 Å². The number of carbonyl (C=O) groups excluding carboxylic acids is 1. The van der Waals surface area contributed by atoms with Crippen LogP contribution in [-0.4, -0.2) is 19.1 Å². The number of fused-ring (bicyclic) bond motifs is 1. The molecule has 3 nitrogen and oxygen atoms in total. The summed E-state index contributed by atoms with van der Waals surface area (Å²) >= 11 is 3.48. The van der Waals surface area contributed by atoms with E-state index in [1.807, 2.05) is 35.2 Å². The maximum atomic E-state index is 13.1. The highest BCUT2D eigenvalue weighted by Crippen LogP contribution is 2.33. The zero-order valence-corrected chi connectivity index (χ0v) is 14.3. The van der Waals surface area contributed by atoms with Crippen molar-refractivity contribution in [1.29, 1.82) is 0 Å². The molecule has 1 aliphatic rings. The fourth-order valence-corrected chi connectivity index (χ4v) is 3.34. The van der Waals surface area contributed by atoms with Crippen LogP contribution in [0.2, 0.25) is 0 Å². The van der Waals surface area contributed by atoms with Gasteiger partial charge < -0.3 is 9.64 Å². The number of halogens is 1. The minimum absolute atomic E-state index is 0.00502. The molecule has 1 aliphatic heterocycles. The minimum atomic E-state index is 0.00502. The van der Waals surface area contributed by atoms with Crippen molar-refractivity contribution in [3.8, 4) is 5.75 Å². The Hall–Kier alpha value is -1.81. The van der Waals surface area contributed by atoms with Gasteiger partial charge in [0.1, 0.15) is 5.75 Å². The Bertz CT molecular complexity index is 714. The molecule has 0 spiro atoms. The lowest BCUT2D eigenvalue weighted by Gasteiger charge is -2.35. The van der Waals surface area contributed by atoms with Crippen LogP contribution in [0.4, 0.5) is 5.69 Å². The van der Waals surface area contributed by atoms with E-state index in [2.05, 4.69) is 28.9 Å². The van der Waals surface area contributed by atoms with Gasteiger partial charge in [0, 0.05) is 16.2 Å². The SMILES string of the molecule is COc1ccc(Br)c(C(=O)N2c3ccccc3CCC2C)c1. The van der Waals surface area contributed by atoms with Gasteiger partial charge in [-0.25, -0.2) is 0 Å². The molecule has 1 atom stereocenters. The molecule has 1 unspecified atom stereocenters. The second-order valence-corrected chi connectivity index (χ2v) is 6.39. The Morgan fingerprint density at radius 1 is 1.27 bits per heavy atom. The lowest BCUT2D eigenvalue weighted by Crippen LogP contribution is -2.42. The third kappa shape index (κ3) is 2.63. The van der Waals surface area contributed by atoms with Crippen LogP contribution in [0.25, 0.3) is 0 Å². The van der Waals surface area contributed by atoms with E-state index in [0.717, 1.165) is 23.0 Å². The van der Waals surface area contributed by atoms with E-state index in [-0.39, 0.29) is 11.9 Å². The van der Waals surface area contributed by atoms with Crippen LogP contribution < -0.4 is 9.64 Å². The predicted octanol–water partition coefficient (Wildman–Crippen LogP) is 4.44. The van der Waals surface area contributed by atoms with Gasteiger partial charge in [0.25, 0.3) is 5.91 Å². The largest absolute Gasteiger partial charge is 0.497 e. The number of benzene rings is 2. The summed E-state index contributed by atoms with van der Waals surface area (Å²) in [5.74, 6) is 0.690. The monoisotopic (exact) mass is 359 g/mol. The van der Waals surface area contributed by atoms with E-state index in [9.17, 15) is 4.79 Å². The molecule has 0 aromatic heterocycles. The van der Waals surface area contributed by atoms with Gasteiger partial charge in [-0.1, -0.05) is 18.2 Å². The second-order valence-electron chi connectivity index (χ2n) is 5.54. The van der Waals surface area contributed by atoms with Gasteiger partial charge in [-0.3, -0.25) is 4.79 Å². The minimum Gasteiger partial charge on any atom is -0.497 e. The molecule has 22 heavy (non-hydrogen) atoms. The number of methoxy groups -OCH3 is 1. The number of hydrogen-bond donors (Lipinski definition) is 0. The Balaban J connectivity index is 2.05. The number of amides is 1. The van der Waals surface area contributed by atoms with Crippen molar-refractivity contribution >= 4 is 27.5 Å². The molecule has 0 radical (unpaired) electrons. The van der Waals surface area contributed by atoms with Crippen molar-refractivity contribution < 1.29 is 9.53 Å². The lowest BCUT2D eigenvalue weighted by molar-refractivity contribution is 0.0974. The fourth-order valence-electron chi connectivity index (χ4n) is 2.92. The first-order valence-electron chi connectivity index (χ1n) is 7.37. The highest BCUT2D eigenvalue weighted by atomic mass is 79.9. The number of anilines is 1. The average Bonchev–Trinajstić information content (AvgIpc) is 2.54. The first-order chi connectivity index (χ1) is 10.6. The van der Waals surface area contributed by atoms with Gasteiger partial charge in [-0.15, -0.1) is 0 Å². The lowest BCUT2D eigenvalue weighted by atomic mass is 9.95. The molecule has 0 saturated carbocycles. The Morgan fingerprint density at radius 2 is 2.05 bits per heavy atom. The van der Waals surface area contributed by atoms with E-state index < -0.39 is 0 Å². The number of rotatable bonds is 2. The van der Waals surface area contributed by atoms with E-state index in [1.165, 1.54) is 5.56 Å². The third-order valence-corrected chi connectivity index (χ3v) is 4.84. The van der Waals surface area contributed by atoms with Crippen molar-refractivity contribution in [3.63, 3.8) is 0 Å². The number of nitrogens with zero attached hydrogens (tertiary/aromatic N) is 1. The highest BCUT2D eigenvalue weighted by molar-refractivity contribution is 9.10. The summed E-state index contributed by atoms with van der Waals surface area (Å²) in [5.41, 5.74) is 2.87. The third-order valence-electron chi connectivity index (χ3n) is 4.15. The molecule has 0 fully saturated rings. The molecular formula is C18H18BrNO2. The Labute approximate surface area is 139 Å². The van der Waals surface area contributed by atoms with Crippen LogP contribution in [0.3, 0.4) is 0 Å². The average molecular weight is 360 g/mol. The molecular weight excluding hydrogens is 342 g/mol. The topological polar surface area (TPSA) is 29.5 Å². The van der Waals surface area contributed by atoms with Gasteiger partial charge in [0.05, 0.1) is 12.7 Å². The molecule has 114 valence electrons. The fraction of sp³-hybridized carbons (Fsp3) is 0.278. The summed E-state index contributed by atoms with van der Waals surface area (Å²) < 4.78 is 6.04. The van der Waals surface area contributed by atoms with Gasteiger partial charge in [0.15, 0.2) is 0 Å². The molecule has 2 aromatic rings. The summed E-state index contributed by atoms with van der Waals surface area (Å²) in [5, 5.41) is 0. The van der Waals surface area contributed by atoms with Gasteiger partial charge in [0.2, 0.25) is 0 Å². The van der Waals surface area contributed by atoms with Crippen molar-refractivity contribution in [2.24, 2.45) is 0 Å². The van der Waals surface area contributed by atoms with Crippen LogP contribution in [-0.2, 0) is 6.42 Å². The van der Waals surface area contributed by atoms with E-state index in [1.54, 1.807) is 13.2 Å². The zero-order valence-electron chi connectivity index (χ0n) is 12.7. The second kappa shape index (κ2) is 6.13. The summed E-state index contributed by atoms with van der Waals surface area (Å²) in [6.07, 6.45) is 1.99. The predicted molar refractivity (Wildman–Crippen MR) is 91.7 cm³/mol. The van der Waals surface area contributed by atoms with E-state index in [0.29, 0.717) is 11.3 Å². The molecule has 0 N–H and O–H groups in total. The van der Waals surface area contributed by atoms with Crippen LogP contribution >= 0.6 is 15.9 Å². The summed E-state index contributed by atoms with van der Waals surface area (Å²) in [7, 11) is 1.61. The molecule has 0 saturated heterocycles. The summed E-state index contributed by atoms with van der Waals surface area (Å²) in [4.78, 5) is 15.0. The molecule has 1 amide bonds. The first kappa shape index (κ1) is 15.1. The number of carbonyl (C=O) groups is 1. The van der Waals surface area contributed by atoms with Crippen LogP contribution in [0.1, 0.15) is 29.3 Å². The Morgan fingerprint density at radius 3 is 2.82 bits per heavy atom. The number of para-hydroxylation sites is 1. The van der Waals surface area contributed by atoms with Gasteiger partial charge in [-0.2, -0.15) is 0 Å². The number of hydrogen-bond acceptors (Lipinski definition) is 2. The summed E-state index contributed by atoms with van der Waals surface area (Å²) in [6, 6.07) is 13.8. The first-order valence-corrected chi connectivity index (χ1v) is 8.16. The van der Waals surface area contributed by atoms with E-state index >= 15 is 0 Å². The smallest absolute Gasteiger partial charge is 0.259 e. The maximum absolute atomic E-state index is 13.1. The van der Waals surface area contributed by atoms with Gasteiger partial charge >= 0.3 is 0 Å². The molecule has 0 bridgehead atoms. The highest BCUT2D eigenvalue weighted by Gasteiger charge is 2.29. The molecule has 2 aromatic carbocycles. The zero-order chi connectivity index (χ0) is 15.7. The Kier molecular flexibility index (Phi) is 4.21. The normalized spacial score (nSPS) is 17.0.